The Kier molecular flexibility index (Phi) is 7.69. The van der Waals surface area contributed by atoms with Crippen molar-refractivity contribution in [2.24, 2.45) is 10.9 Å². The molecule has 1 aliphatic carbocycles. The van der Waals surface area contributed by atoms with Gasteiger partial charge in [0.2, 0.25) is 0 Å². The average molecular weight is 502 g/mol. The highest BCUT2D eigenvalue weighted by atomic mass is 127. The van der Waals surface area contributed by atoms with Gasteiger partial charge < -0.3 is 15.4 Å². The second kappa shape index (κ2) is 10.4. The fourth-order valence-corrected chi connectivity index (χ4v) is 3.17. The molecule has 0 saturated heterocycles. The minimum absolute atomic E-state index is 0. The molecule has 2 aromatic carbocycles. The van der Waals surface area contributed by atoms with E-state index in [1.54, 1.807) is 7.05 Å². The van der Waals surface area contributed by atoms with E-state index < -0.39 is 0 Å². The summed E-state index contributed by atoms with van der Waals surface area (Å²) in [6, 6.07) is 18.5. The molecule has 4 rings (SSSR count). The van der Waals surface area contributed by atoms with Crippen LogP contribution in [-0.4, -0.2) is 24.6 Å². The van der Waals surface area contributed by atoms with Crippen molar-refractivity contribution in [2.75, 3.05) is 13.7 Å². The molecule has 152 valence electrons. The van der Waals surface area contributed by atoms with Gasteiger partial charge in [0.15, 0.2) is 5.96 Å². The lowest BCUT2D eigenvalue weighted by Crippen LogP contribution is -2.36. The monoisotopic (exact) mass is 502 g/mol. The van der Waals surface area contributed by atoms with Crippen molar-refractivity contribution in [3.63, 3.8) is 0 Å². The predicted octanol–water partition coefficient (Wildman–Crippen LogP) is 4.51. The summed E-state index contributed by atoms with van der Waals surface area (Å²) in [5.74, 6) is 2.45. The number of pyridine rings is 1. The van der Waals surface area contributed by atoms with E-state index in [0.717, 1.165) is 46.3 Å². The quantitative estimate of drug-likeness (QED) is 0.284. The molecule has 5 nitrogen and oxygen atoms in total. The largest absolute Gasteiger partial charge is 0.493 e. The van der Waals surface area contributed by atoms with Crippen molar-refractivity contribution in [1.82, 2.24) is 15.6 Å². The molecule has 0 amide bonds. The fourth-order valence-electron chi connectivity index (χ4n) is 3.17. The van der Waals surface area contributed by atoms with Gasteiger partial charge in [0, 0.05) is 37.3 Å². The van der Waals surface area contributed by atoms with Crippen molar-refractivity contribution in [1.29, 1.82) is 0 Å². The van der Waals surface area contributed by atoms with Crippen LogP contribution in [0.1, 0.15) is 24.0 Å². The molecule has 6 heteroatoms. The molecule has 3 aromatic rings. The third kappa shape index (κ3) is 5.82. The SMILES string of the molecule is CN=C(NCc1ccccc1OCC1CC1)NCc1cccc2cccnc12.I. The summed E-state index contributed by atoms with van der Waals surface area (Å²) < 4.78 is 6.00. The van der Waals surface area contributed by atoms with E-state index in [1.165, 1.54) is 12.8 Å². The van der Waals surface area contributed by atoms with Crippen LogP contribution in [0.5, 0.6) is 5.75 Å². The van der Waals surface area contributed by atoms with Gasteiger partial charge >= 0.3 is 0 Å². The number of nitrogens with one attached hydrogen (secondary N) is 2. The first-order valence-electron chi connectivity index (χ1n) is 9.81. The van der Waals surface area contributed by atoms with Crippen molar-refractivity contribution >= 4 is 40.8 Å². The number of hydrogen-bond donors (Lipinski definition) is 2. The number of fused-ring (bicyclic) bond motifs is 1. The van der Waals surface area contributed by atoms with Gasteiger partial charge in [-0.05, 0) is 36.5 Å². The Labute approximate surface area is 189 Å². The summed E-state index contributed by atoms with van der Waals surface area (Å²) in [4.78, 5) is 8.86. The van der Waals surface area contributed by atoms with E-state index in [1.807, 2.05) is 30.5 Å². The number of para-hydroxylation sites is 2. The Balaban J connectivity index is 0.00000240. The van der Waals surface area contributed by atoms with Crippen LogP contribution < -0.4 is 15.4 Å². The Bertz CT molecular complexity index is 967. The zero-order valence-corrected chi connectivity index (χ0v) is 18.9. The van der Waals surface area contributed by atoms with Crippen LogP contribution in [-0.2, 0) is 13.1 Å². The number of nitrogens with zero attached hydrogens (tertiary/aromatic N) is 2. The van der Waals surface area contributed by atoms with Gasteiger partial charge in [-0.2, -0.15) is 0 Å². The summed E-state index contributed by atoms with van der Waals surface area (Å²) >= 11 is 0. The second-order valence-corrected chi connectivity index (χ2v) is 7.13. The molecular weight excluding hydrogens is 475 g/mol. The lowest BCUT2D eigenvalue weighted by atomic mass is 10.1. The molecule has 0 radical (unpaired) electrons. The molecule has 1 saturated carbocycles. The van der Waals surface area contributed by atoms with E-state index in [-0.39, 0.29) is 24.0 Å². The number of hydrogen-bond acceptors (Lipinski definition) is 3. The highest BCUT2D eigenvalue weighted by Crippen LogP contribution is 2.30. The zero-order valence-electron chi connectivity index (χ0n) is 16.6. The Morgan fingerprint density at radius 2 is 1.72 bits per heavy atom. The Morgan fingerprint density at radius 1 is 1.00 bits per heavy atom. The average Bonchev–Trinajstić information content (AvgIpc) is 3.57. The van der Waals surface area contributed by atoms with Crippen molar-refractivity contribution in [2.45, 2.75) is 25.9 Å². The summed E-state index contributed by atoms with van der Waals surface area (Å²) in [7, 11) is 1.78. The standard InChI is InChI=1S/C23H26N4O.HI/c1-24-23(27-15-20-8-4-7-18-9-5-13-25-22(18)20)26-14-19-6-2-3-10-21(19)28-16-17-11-12-17;/h2-10,13,17H,11-12,14-16H2,1H3,(H2,24,26,27);1H. The van der Waals surface area contributed by atoms with Crippen molar-refractivity contribution in [3.8, 4) is 5.75 Å². The highest BCUT2D eigenvalue weighted by molar-refractivity contribution is 14.0. The third-order valence-corrected chi connectivity index (χ3v) is 4.98. The molecule has 1 heterocycles. The van der Waals surface area contributed by atoms with Gasteiger partial charge in [-0.25, -0.2) is 0 Å². The second-order valence-electron chi connectivity index (χ2n) is 7.13. The number of rotatable bonds is 7. The van der Waals surface area contributed by atoms with Crippen LogP contribution in [0, 0.1) is 5.92 Å². The third-order valence-electron chi connectivity index (χ3n) is 4.98. The topological polar surface area (TPSA) is 58.5 Å². The first-order valence-corrected chi connectivity index (χ1v) is 9.81. The van der Waals surface area contributed by atoms with Crippen LogP contribution in [0.15, 0.2) is 65.8 Å². The minimum Gasteiger partial charge on any atom is -0.493 e. The maximum Gasteiger partial charge on any atom is 0.191 e. The molecule has 1 aromatic heterocycles. The molecule has 0 atom stereocenters. The molecule has 0 unspecified atom stereocenters. The predicted molar refractivity (Wildman–Crippen MR) is 129 cm³/mol. The van der Waals surface area contributed by atoms with Gasteiger partial charge in [0.25, 0.3) is 0 Å². The molecule has 29 heavy (non-hydrogen) atoms. The molecule has 2 N–H and O–H groups in total. The number of benzene rings is 2. The lowest BCUT2D eigenvalue weighted by molar-refractivity contribution is 0.296. The van der Waals surface area contributed by atoms with Gasteiger partial charge in [0.05, 0.1) is 12.1 Å². The summed E-state index contributed by atoms with van der Waals surface area (Å²) in [6.07, 6.45) is 4.41. The van der Waals surface area contributed by atoms with E-state index >= 15 is 0 Å². The number of halogens is 1. The summed E-state index contributed by atoms with van der Waals surface area (Å²) in [5.41, 5.74) is 3.30. The van der Waals surface area contributed by atoms with Crippen molar-refractivity contribution < 1.29 is 4.74 Å². The smallest absolute Gasteiger partial charge is 0.191 e. The van der Waals surface area contributed by atoms with E-state index in [9.17, 15) is 0 Å². The van der Waals surface area contributed by atoms with E-state index in [0.29, 0.717) is 13.1 Å². The first kappa shape index (κ1) is 21.4. The van der Waals surface area contributed by atoms with E-state index in [2.05, 4.69) is 50.9 Å². The Hall–Kier alpha value is -2.35. The number of guanidine groups is 1. The minimum atomic E-state index is 0. The number of ether oxygens (including phenoxy) is 1. The maximum atomic E-state index is 6.00. The van der Waals surface area contributed by atoms with Crippen LogP contribution in [0.3, 0.4) is 0 Å². The van der Waals surface area contributed by atoms with Crippen LogP contribution in [0.25, 0.3) is 10.9 Å². The summed E-state index contributed by atoms with van der Waals surface area (Å²) in [6.45, 7) is 2.14. The number of aliphatic imine (C=N–C) groups is 1. The molecule has 0 spiro atoms. The van der Waals surface area contributed by atoms with Crippen molar-refractivity contribution in [3.05, 3.63) is 71.9 Å². The molecule has 1 aliphatic rings. The van der Waals surface area contributed by atoms with Gasteiger partial charge in [0.1, 0.15) is 5.75 Å². The van der Waals surface area contributed by atoms with E-state index in [4.69, 9.17) is 4.74 Å². The van der Waals surface area contributed by atoms with Crippen LogP contribution in [0.2, 0.25) is 0 Å². The van der Waals surface area contributed by atoms with Gasteiger partial charge in [-0.3, -0.25) is 9.98 Å². The summed E-state index contributed by atoms with van der Waals surface area (Å²) in [5, 5.41) is 7.92. The number of aromatic nitrogens is 1. The van der Waals surface area contributed by atoms with Crippen LogP contribution >= 0.6 is 24.0 Å². The zero-order chi connectivity index (χ0) is 19.2. The normalized spacial score (nSPS) is 13.6. The Morgan fingerprint density at radius 3 is 2.52 bits per heavy atom. The fraction of sp³-hybridized carbons (Fsp3) is 0.304. The van der Waals surface area contributed by atoms with Gasteiger partial charge in [-0.15, -0.1) is 24.0 Å². The highest BCUT2D eigenvalue weighted by Gasteiger charge is 2.22. The lowest BCUT2D eigenvalue weighted by Gasteiger charge is -2.15. The first-order chi connectivity index (χ1) is 13.8. The van der Waals surface area contributed by atoms with Crippen LogP contribution in [0.4, 0.5) is 0 Å². The molecule has 0 aliphatic heterocycles. The van der Waals surface area contributed by atoms with Gasteiger partial charge in [-0.1, -0.05) is 42.5 Å². The molecule has 0 bridgehead atoms. The maximum absolute atomic E-state index is 6.00. The molecule has 1 fully saturated rings. The molecular formula is C23H27IN4O.